The maximum atomic E-state index is 12.1. The van der Waals surface area contributed by atoms with Crippen molar-refractivity contribution >= 4 is 17.5 Å². The zero-order chi connectivity index (χ0) is 17.7. The molecule has 0 bridgehead atoms. The molecular weight excluding hydrogens is 304 g/mol. The first-order chi connectivity index (χ1) is 11.4. The Morgan fingerprint density at radius 1 is 0.958 bits per heavy atom. The normalized spacial score (nSPS) is 10.3. The molecule has 0 atom stereocenters. The van der Waals surface area contributed by atoms with Crippen LogP contribution in [0.2, 0.25) is 0 Å². The Morgan fingerprint density at radius 2 is 1.54 bits per heavy atom. The molecule has 2 rings (SSSR count). The van der Waals surface area contributed by atoms with Crippen LogP contribution in [0.3, 0.4) is 0 Å². The molecule has 0 radical (unpaired) electrons. The van der Waals surface area contributed by atoms with E-state index >= 15 is 0 Å². The van der Waals surface area contributed by atoms with Gasteiger partial charge in [-0.15, -0.1) is 0 Å². The first-order valence-electron chi connectivity index (χ1n) is 7.77. The predicted molar refractivity (Wildman–Crippen MR) is 93.5 cm³/mol. The van der Waals surface area contributed by atoms with E-state index in [1.54, 1.807) is 12.1 Å². The van der Waals surface area contributed by atoms with E-state index in [9.17, 15) is 14.7 Å². The third kappa shape index (κ3) is 4.20. The summed E-state index contributed by atoms with van der Waals surface area (Å²) in [5.41, 5.74) is 5.11. The molecule has 5 nitrogen and oxygen atoms in total. The van der Waals surface area contributed by atoms with Crippen molar-refractivity contribution in [1.82, 2.24) is 5.32 Å². The Bertz CT molecular complexity index is 746. The number of carbonyl (C=O) groups excluding carboxylic acids is 2. The van der Waals surface area contributed by atoms with E-state index in [1.165, 1.54) is 0 Å². The molecule has 0 aliphatic heterocycles. The first kappa shape index (κ1) is 17.7. The fraction of sp³-hybridized carbons (Fsp3) is 0.263. The molecule has 24 heavy (non-hydrogen) atoms. The van der Waals surface area contributed by atoms with Gasteiger partial charge in [-0.2, -0.15) is 0 Å². The quantitative estimate of drug-likeness (QED) is 0.755. The van der Waals surface area contributed by atoms with Crippen molar-refractivity contribution in [3.05, 3.63) is 64.2 Å². The van der Waals surface area contributed by atoms with Crippen molar-refractivity contribution in [2.24, 2.45) is 0 Å². The summed E-state index contributed by atoms with van der Waals surface area (Å²) in [5.74, 6) is -1.41. The van der Waals surface area contributed by atoms with Gasteiger partial charge in [0.15, 0.2) is 0 Å². The summed E-state index contributed by atoms with van der Waals surface area (Å²) in [6.45, 7) is 5.85. The van der Waals surface area contributed by atoms with Crippen molar-refractivity contribution in [2.45, 2.75) is 33.9 Å². The molecule has 0 aliphatic carbocycles. The van der Waals surface area contributed by atoms with Crippen LogP contribution in [0.1, 0.15) is 27.8 Å². The van der Waals surface area contributed by atoms with Gasteiger partial charge in [-0.3, -0.25) is 9.59 Å². The van der Waals surface area contributed by atoms with E-state index in [1.807, 2.05) is 45.0 Å². The zero-order valence-corrected chi connectivity index (χ0v) is 14.1. The third-order valence-electron chi connectivity index (χ3n) is 3.85. The van der Waals surface area contributed by atoms with Crippen molar-refractivity contribution in [3.8, 4) is 0 Å². The van der Waals surface area contributed by atoms with Crippen molar-refractivity contribution < 1.29 is 14.7 Å². The molecule has 0 saturated carbocycles. The number of rotatable bonds is 4. The van der Waals surface area contributed by atoms with E-state index in [2.05, 4.69) is 10.6 Å². The molecule has 3 N–H and O–H groups in total. The molecule has 126 valence electrons. The van der Waals surface area contributed by atoms with E-state index in [-0.39, 0.29) is 13.2 Å². The smallest absolute Gasteiger partial charge is 0.313 e. The summed E-state index contributed by atoms with van der Waals surface area (Å²) in [7, 11) is 0. The maximum Gasteiger partial charge on any atom is 0.313 e. The topological polar surface area (TPSA) is 78.4 Å². The second-order valence-electron chi connectivity index (χ2n) is 5.84. The number of aliphatic hydroxyl groups is 1. The summed E-state index contributed by atoms with van der Waals surface area (Å²) >= 11 is 0. The van der Waals surface area contributed by atoms with Crippen LogP contribution in [-0.4, -0.2) is 16.9 Å². The second kappa shape index (κ2) is 7.75. The van der Waals surface area contributed by atoms with Crippen LogP contribution >= 0.6 is 0 Å². The highest BCUT2D eigenvalue weighted by Crippen LogP contribution is 2.21. The lowest BCUT2D eigenvalue weighted by Gasteiger charge is -2.13. The van der Waals surface area contributed by atoms with Gasteiger partial charge in [0.05, 0.1) is 6.61 Å². The van der Waals surface area contributed by atoms with Gasteiger partial charge in [-0.1, -0.05) is 42.0 Å². The monoisotopic (exact) mass is 326 g/mol. The predicted octanol–water partition coefficient (Wildman–Crippen LogP) is 2.36. The van der Waals surface area contributed by atoms with E-state index in [4.69, 9.17) is 0 Å². The molecule has 5 heteroatoms. The van der Waals surface area contributed by atoms with Crippen LogP contribution in [0.15, 0.2) is 36.4 Å². The third-order valence-corrected chi connectivity index (χ3v) is 3.85. The maximum absolute atomic E-state index is 12.1. The lowest BCUT2D eigenvalue weighted by atomic mass is 10.1. The zero-order valence-electron chi connectivity index (χ0n) is 14.1. The average molecular weight is 326 g/mol. The fourth-order valence-electron chi connectivity index (χ4n) is 2.69. The number of hydrogen-bond acceptors (Lipinski definition) is 3. The van der Waals surface area contributed by atoms with Crippen LogP contribution in [0.4, 0.5) is 5.69 Å². The first-order valence-corrected chi connectivity index (χ1v) is 7.77. The SMILES string of the molecule is Cc1cc(C)c(NC(=O)C(=O)NCc2ccccc2CO)c(C)c1. The van der Waals surface area contributed by atoms with Crippen molar-refractivity contribution in [3.63, 3.8) is 0 Å². The molecule has 0 aliphatic rings. The van der Waals surface area contributed by atoms with Gasteiger partial charge in [0.2, 0.25) is 0 Å². The number of hydrogen-bond donors (Lipinski definition) is 3. The molecule has 2 amide bonds. The minimum Gasteiger partial charge on any atom is -0.392 e. The van der Waals surface area contributed by atoms with Gasteiger partial charge in [0.1, 0.15) is 0 Å². The van der Waals surface area contributed by atoms with Crippen LogP contribution in [0.25, 0.3) is 0 Å². The number of aliphatic hydroxyl groups excluding tert-OH is 1. The van der Waals surface area contributed by atoms with Crippen molar-refractivity contribution in [1.29, 1.82) is 0 Å². The minimum atomic E-state index is -0.706. The van der Waals surface area contributed by atoms with Crippen LogP contribution in [-0.2, 0) is 22.7 Å². The van der Waals surface area contributed by atoms with Crippen LogP contribution in [0.5, 0.6) is 0 Å². The summed E-state index contributed by atoms with van der Waals surface area (Å²) in [5, 5.41) is 14.5. The highest BCUT2D eigenvalue weighted by Gasteiger charge is 2.16. The fourth-order valence-corrected chi connectivity index (χ4v) is 2.69. The summed E-state index contributed by atoms with van der Waals surface area (Å²) in [6.07, 6.45) is 0. The Hall–Kier alpha value is -2.66. The van der Waals surface area contributed by atoms with Gasteiger partial charge < -0.3 is 15.7 Å². The Labute approximate surface area is 141 Å². The van der Waals surface area contributed by atoms with Crippen molar-refractivity contribution in [2.75, 3.05) is 5.32 Å². The summed E-state index contributed by atoms with van der Waals surface area (Å²) in [4.78, 5) is 24.1. The molecule has 0 spiro atoms. The molecular formula is C19H22N2O3. The van der Waals surface area contributed by atoms with Gasteiger partial charge in [0, 0.05) is 12.2 Å². The molecule has 2 aromatic rings. The number of anilines is 1. The lowest BCUT2D eigenvalue weighted by Crippen LogP contribution is -2.35. The van der Waals surface area contributed by atoms with Gasteiger partial charge in [-0.25, -0.2) is 0 Å². The summed E-state index contributed by atoms with van der Waals surface area (Å²) in [6, 6.07) is 11.1. The Balaban J connectivity index is 2.02. The second-order valence-corrected chi connectivity index (χ2v) is 5.84. The van der Waals surface area contributed by atoms with Crippen LogP contribution in [0, 0.1) is 20.8 Å². The minimum absolute atomic E-state index is 0.111. The molecule has 2 aromatic carbocycles. The molecule has 0 aromatic heterocycles. The largest absolute Gasteiger partial charge is 0.392 e. The molecule has 0 unspecified atom stereocenters. The molecule has 0 saturated heterocycles. The van der Waals surface area contributed by atoms with E-state index in [0.717, 1.165) is 27.8 Å². The number of aryl methyl sites for hydroxylation is 3. The lowest BCUT2D eigenvalue weighted by molar-refractivity contribution is -0.136. The van der Waals surface area contributed by atoms with Gasteiger partial charge in [0.25, 0.3) is 0 Å². The molecule has 0 fully saturated rings. The Kier molecular flexibility index (Phi) is 5.71. The van der Waals surface area contributed by atoms with Crippen LogP contribution < -0.4 is 10.6 Å². The highest BCUT2D eigenvalue weighted by molar-refractivity contribution is 6.39. The van der Waals surface area contributed by atoms with E-state index < -0.39 is 11.8 Å². The summed E-state index contributed by atoms with van der Waals surface area (Å²) < 4.78 is 0. The van der Waals surface area contributed by atoms with Gasteiger partial charge >= 0.3 is 11.8 Å². The number of benzene rings is 2. The van der Waals surface area contributed by atoms with E-state index in [0.29, 0.717) is 5.69 Å². The number of nitrogens with one attached hydrogen (secondary N) is 2. The highest BCUT2D eigenvalue weighted by atomic mass is 16.3. The van der Waals surface area contributed by atoms with Gasteiger partial charge in [-0.05, 0) is 43.0 Å². The Morgan fingerprint density at radius 3 is 2.12 bits per heavy atom. The standard InChI is InChI=1S/C19H22N2O3/c1-12-8-13(2)17(14(3)9-12)21-19(24)18(23)20-10-15-6-4-5-7-16(15)11-22/h4-9,22H,10-11H2,1-3H3,(H,20,23)(H,21,24). The number of amides is 2. The average Bonchev–Trinajstić information content (AvgIpc) is 2.55. The number of carbonyl (C=O) groups is 2. The molecule has 0 heterocycles.